The average molecular weight is 170 g/mol. The fourth-order valence-electron chi connectivity index (χ4n) is 1.03. The molecule has 0 aromatic carbocycles. The smallest absolute Gasteiger partial charge is 0.0998 e. The zero-order valence-electron chi connectivity index (χ0n) is 7.43. The molecule has 0 aromatic heterocycles. The van der Waals surface area contributed by atoms with Crippen LogP contribution in [0.1, 0.15) is 20.3 Å². The number of hydrogen-bond donors (Lipinski definition) is 0. The lowest BCUT2D eigenvalue weighted by molar-refractivity contribution is 0.508. The van der Waals surface area contributed by atoms with Crippen LogP contribution in [0.4, 0.5) is 0 Å². The van der Waals surface area contributed by atoms with Gasteiger partial charge in [-0.25, -0.2) is 0 Å². The maximum Gasteiger partial charge on any atom is 0.0998 e. The van der Waals surface area contributed by atoms with Crippen LogP contribution in [-0.2, 0) is 0 Å². The third kappa shape index (κ3) is 3.95. The minimum atomic E-state index is -0.320. The predicted octanol–water partition coefficient (Wildman–Crippen LogP) is 2.49. The molecule has 12 heavy (non-hydrogen) atoms. The first-order valence-corrected chi connectivity index (χ1v) is 4.00. The summed E-state index contributed by atoms with van der Waals surface area (Å²) in [6.45, 7) is 3.95. The summed E-state index contributed by atoms with van der Waals surface area (Å²) in [5.74, 6) is 0.0919. The molecule has 2 atom stereocenters. The van der Waals surface area contributed by atoms with Gasteiger partial charge in [-0.05, 0) is 19.3 Å². The van der Waals surface area contributed by atoms with Crippen molar-refractivity contribution in [3.63, 3.8) is 0 Å². The largest absolute Gasteiger partial charge is 0.151 e. The molecule has 0 saturated heterocycles. The maximum absolute atomic E-state index is 10.3. The van der Waals surface area contributed by atoms with Crippen LogP contribution in [0.5, 0.6) is 0 Å². The Balaban J connectivity index is 3.94. The summed E-state index contributed by atoms with van der Waals surface area (Å²) < 4.78 is 0. The van der Waals surface area contributed by atoms with Crippen LogP contribution in [0.15, 0.2) is 22.5 Å². The monoisotopic (exact) mass is 170 g/mol. The van der Waals surface area contributed by atoms with Gasteiger partial charge in [0.05, 0.1) is 12.6 Å². The molecule has 0 N–H and O–H groups in total. The SMILES string of the molecule is C/C=C\[C@H](C)[C@H](CCN=O)N=O. The molecule has 0 heterocycles. The zero-order valence-corrected chi connectivity index (χ0v) is 7.43. The third-order valence-electron chi connectivity index (χ3n) is 1.75. The van der Waals surface area contributed by atoms with Gasteiger partial charge in [-0.15, -0.1) is 0 Å². The average Bonchev–Trinajstić information content (AvgIpc) is 2.06. The maximum atomic E-state index is 10.3. The molecule has 0 radical (unpaired) electrons. The third-order valence-corrected chi connectivity index (χ3v) is 1.75. The second-order valence-corrected chi connectivity index (χ2v) is 2.70. The Labute approximate surface area is 72.0 Å². The number of rotatable bonds is 6. The molecule has 4 nitrogen and oxygen atoms in total. The Hall–Kier alpha value is -1.06. The van der Waals surface area contributed by atoms with E-state index in [1.807, 2.05) is 26.0 Å². The Kier molecular flexibility index (Phi) is 6.05. The second-order valence-electron chi connectivity index (χ2n) is 2.70. The van der Waals surface area contributed by atoms with E-state index in [2.05, 4.69) is 10.4 Å². The number of allylic oxidation sites excluding steroid dienone is 1. The lowest BCUT2D eigenvalue weighted by atomic mass is 9.99. The van der Waals surface area contributed by atoms with E-state index in [0.717, 1.165) is 0 Å². The van der Waals surface area contributed by atoms with Crippen LogP contribution in [0, 0.1) is 15.7 Å². The molecular formula is C8H14N2O2. The molecule has 0 bridgehead atoms. The number of hydrogen-bond acceptors (Lipinski definition) is 4. The first-order valence-electron chi connectivity index (χ1n) is 4.00. The van der Waals surface area contributed by atoms with Crippen molar-refractivity contribution in [1.29, 1.82) is 0 Å². The van der Waals surface area contributed by atoms with E-state index < -0.39 is 0 Å². The molecule has 68 valence electrons. The van der Waals surface area contributed by atoms with E-state index in [0.29, 0.717) is 6.42 Å². The van der Waals surface area contributed by atoms with Gasteiger partial charge in [0.1, 0.15) is 0 Å². The Morgan fingerprint density at radius 1 is 1.42 bits per heavy atom. The fraction of sp³-hybridized carbons (Fsp3) is 0.750. The second kappa shape index (κ2) is 6.64. The van der Waals surface area contributed by atoms with Crippen molar-refractivity contribution in [3.05, 3.63) is 22.0 Å². The molecule has 0 fully saturated rings. The van der Waals surface area contributed by atoms with Gasteiger partial charge in [0, 0.05) is 0 Å². The van der Waals surface area contributed by atoms with Gasteiger partial charge in [0.15, 0.2) is 0 Å². The van der Waals surface area contributed by atoms with Crippen LogP contribution in [-0.4, -0.2) is 12.6 Å². The Morgan fingerprint density at radius 3 is 2.50 bits per heavy atom. The van der Waals surface area contributed by atoms with E-state index in [4.69, 9.17) is 0 Å². The first-order chi connectivity index (χ1) is 5.76. The van der Waals surface area contributed by atoms with E-state index in [-0.39, 0.29) is 18.5 Å². The van der Waals surface area contributed by atoms with Gasteiger partial charge in [-0.3, -0.25) is 0 Å². The van der Waals surface area contributed by atoms with E-state index in [1.165, 1.54) is 0 Å². The quantitative estimate of drug-likeness (QED) is 0.454. The van der Waals surface area contributed by atoms with Crippen LogP contribution < -0.4 is 0 Å². The normalized spacial score (nSPS) is 15.8. The van der Waals surface area contributed by atoms with Gasteiger partial charge < -0.3 is 0 Å². The Morgan fingerprint density at radius 2 is 2.08 bits per heavy atom. The molecule has 0 aliphatic carbocycles. The van der Waals surface area contributed by atoms with Crippen LogP contribution in [0.3, 0.4) is 0 Å². The molecular weight excluding hydrogens is 156 g/mol. The summed E-state index contributed by atoms with van der Waals surface area (Å²) >= 11 is 0. The van der Waals surface area contributed by atoms with Crippen molar-refractivity contribution in [2.24, 2.45) is 16.3 Å². The minimum absolute atomic E-state index is 0.0919. The van der Waals surface area contributed by atoms with E-state index in [1.54, 1.807) is 0 Å². The molecule has 0 aromatic rings. The molecule has 4 heteroatoms. The fourth-order valence-corrected chi connectivity index (χ4v) is 1.03. The van der Waals surface area contributed by atoms with Crippen molar-refractivity contribution in [3.8, 4) is 0 Å². The van der Waals surface area contributed by atoms with Crippen LogP contribution in [0.2, 0.25) is 0 Å². The van der Waals surface area contributed by atoms with Crippen molar-refractivity contribution in [2.75, 3.05) is 6.54 Å². The minimum Gasteiger partial charge on any atom is -0.151 e. The summed E-state index contributed by atoms with van der Waals surface area (Å²) in [5, 5.41) is 5.64. The highest BCUT2D eigenvalue weighted by atomic mass is 16.3. The highest BCUT2D eigenvalue weighted by Gasteiger charge is 2.14. The van der Waals surface area contributed by atoms with Crippen molar-refractivity contribution >= 4 is 0 Å². The Bertz CT molecular complexity index is 168. The van der Waals surface area contributed by atoms with Gasteiger partial charge >= 0.3 is 0 Å². The summed E-state index contributed by atoms with van der Waals surface area (Å²) in [5.41, 5.74) is 0. The summed E-state index contributed by atoms with van der Waals surface area (Å²) in [4.78, 5) is 20.1. The molecule has 0 saturated carbocycles. The van der Waals surface area contributed by atoms with E-state index >= 15 is 0 Å². The number of nitroso groups, excluding NO2 is 2. The predicted molar refractivity (Wildman–Crippen MR) is 48.8 cm³/mol. The van der Waals surface area contributed by atoms with Crippen molar-refractivity contribution in [1.82, 2.24) is 0 Å². The topological polar surface area (TPSA) is 58.9 Å². The van der Waals surface area contributed by atoms with Crippen molar-refractivity contribution in [2.45, 2.75) is 26.3 Å². The molecule has 0 rings (SSSR count). The molecule has 0 amide bonds. The molecule has 0 aliphatic rings. The van der Waals surface area contributed by atoms with Crippen molar-refractivity contribution < 1.29 is 0 Å². The van der Waals surface area contributed by atoms with Gasteiger partial charge in [-0.2, -0.15) is 9.81 Å². The van der Waals surface area contributed by atoms with Crippen LogP contribution >= 0.6 is 0 Å². The van der Waals surface area contributed by atoms with Crippen LogP contribution in [0.25, 0.3) is 0 Å². The van der Waals surface area contributed by atoms with E-state index in [9.17, 15) is 9.81 Å². The molecule has 0 spiro atoms. The molecule has 0 unspecified atom stereocenters. The summed E-state index contributed by atoms with van der Waals surface area (Å²) in [6.07, 6.45) is 4.21. The summed E-state index contributed by atoms with van der Waals surface area (Å²) in [6, 6.07) is -0.320. The standard InChI is InChI=1S/C8H14N2O2/c1-3-4-7(2)8(10-12)5-6-9-11/h3-4,7-8H,5-6H2,1-2H3/b4-3-/t7-,8-/m0/s1. The lowest BCUT2D eigenvalue weighted by Crippen LogP contribution is -2.14. The highest BCUT2D eigenvalue weighted by molar-refractivity contribution is 4.90. The highest BCUT2D eigenvalue weighted by Crippen LogP contribution is 2.12. The van der Waals surface area contributed by atoms with Gasteiger partial charge in [0.25, 0.3) is 0 Å². The zero-order chi connectivity index (χ0) is 9.40. The number of nitrogens with zero attached hydrogens (tertiary/aromatic N) is 2. The van der Waals surface area contributed by atoms with Gasteiger partial charge in [-0.1, -0.05) is 29.4 Å². The molecule has 0 aliphatic heterocycles. The summed E-state index contributed by atoms with van der Waals surface area (Å²) in [7, 11) is 0. The van der Waals surface area contributed by atoms with Gasteiger partial charge in [0.2, 0.25) is 0 Å². The lowest BCUT2D eigenvalue weighted by Gasteiger charge is -2.10. The first kappa shape index (κ1) is 10.9.